The van der Waals surface area contributed by atoms with E-state index in [2.05, 4.69) is 11.8 Å². The second-order valence-electron chi connectivity index (χ2n) is 5.29. The number of carbonyl (C=O) groups is 1. The highest BCUT2D eigenvalue weighted by atomic mass is 16.2. The Morgan fingerprint density at radius 2 is 2.00 bits per heavy atom. The van der Waals surface area contributed by atoms with Gasteiger partial charge in [0.2, 0.25) is 0 Å². The fraction of sp³-hybridized carbons (Fsp3) is 0.533. The van der Waals surface area contributed by atoms with Crippen molar-refractivity contribution in [2.75, 3.05) is 32.9 Å². The molecule has 19 heavy (non-hydrogen) atoms. The van der Waals surface area contributed by atoms with E-state index in [0.29, 0.717) is 17.8 Å². The molecule has 0 fully saturated rings. The first-order valence-corrected chi connectivity index (χ1v) is 6.68. The second kappa shape index (κ2) is 6.57. The zero-order valence-electron chi connectivity index (χ0n) is 12.6. The van der Waals surface area contributed by atoms with Gasteiger partial charge in [-0.3, -0.25) is 4.79 Å². The van der Waals surface area contributed by atoms with E-state index in [1.165, 1.54) is 0 Å². The van der Waals surface area contributed by atoms with Gasteiger partial charge in [0, 0.05) is 24.8 Å². The smallest absolute Gasteiger partial charge is 0.256 e. The molecule has 0 aliphatic carbocycles. The topological polar surface area (TPSA) is 49.6 Å². The molecule has 4 nitrogen and oxygen atoms in total. The first kappa shape index (κ1) is 15.5. The molecule has 106 valence electrons. The number of anilines is 1. The molecule has 0 saturated carbocycles. The van der Waals surface area contributed by atoms with Crippen molar-refractivity contribution in [1.29, 1.82) is 0 Å². The molecule has 0 saturated heterocycles. The summed E-state index contributed by atoms with van der Waals surface area (Å²) in [6.07, 6.45) is 0. The van der Waals surface area contributed by atoms with Gasteiger partial charge in [-0.25, -0.2) is 0 Å². The number of carbonyl (C=O) groups excluding carboxylic acids is 1. The fourth-order valence-electron chi connectivity index (χ4n) is 2.31. The first-order valence-electron chi connectivity index (χ1n) is 6.68. The number of nitrogen functional groups attached to an aromatic ring is 1. The quantitative estimate of drug-likeness (QED) is 0.827. The number of amides is 1. The van der Waals surface area contributed by atoms with Crippen LogP contribution in [0.2, 0.25) is 0 Å². The number of aryl methyl sites for hydroxylation is 1. The van der Waals surface area contributed by atoms with Crippen LogP contribution in [0.4, 0.5) is 5.69 Å². The lowest BCUT2D eigenvalue weighted by Gasteiger charge is -2.30. The molecule has 1 atom stereocenters. The Bertz CT molecular complexity index is 443. The molecule has 1 amide bonds. The lowest BCUT2D eigenvalue weighted by atomic mass is 10.1. The Balaban J connectivity index is 2.95. The van der Waals surface area contributed by atoms with E-state index in [1.807, 2.05) is 51.0 Å². The average Bonchev–Trinajstić information content (AvgIpc) is 2.28. The Labute approximate surface area is 116 Å². The molecule has 2 N–H and O–H groups in total. The van der Waals surface area contributed by atoms with Gasteiger partial charge in [-0.15, -0.1) is 0 Å². The average molecular weight is 263 g/mol. The monoisotopic (exact) mass is 263 g/mol. The van der Waals surface area contributed by atoms with E-state index >= 15 is 0 Å². The molecular formula is C15H25N3O. The summed E-state index contributed by atoms with van der Waals surface area (Å²) in [5.74, 6) is 0.00866. The van der Waals surface area contributed by atoms with E-state index < -0.39 is 0 Å². The predicted octanol–water partition coefficient (Wildman–Crippen LogP) is 1.99. The summed E-state index contributed by atoms with van der Waals surface area (Å²) < 4.78 is 0. The zero-order chi connectivity index (χ0) is 14.6. The molecule has 0 bridgehead atoms. The molecular weight excluding hydrogens is 238 g/mol. The minimum Gasteiger partial charge on any atom is -0.398 e. The third-order valence-electron chi connectivity index (χ3n) is 3.20. The molecule has 1 aromatic carbocycles. The third-order valence-corrected chi connectivity index (χ3v) is 3.20. The molecule has 0 aliphatic heterocycles. The number of hydrogen-bond donors (Lipinski definition) is 1. The van der Waals surface area contributed by atoms with Gasteiger partial charge in [0.1, 0.15) is 0 Å². The van der Waals surface area contributed by atoms with Crippen LogP contribution in [0.5, 0.6) is 0 Å². The number of benzene rings is 1. The third kappa shape index (κ3) is 3.96. The van der Waals surface area contributed by atoms with Gasteiger partial charge >= 0.3 is 0 Å². The lowest BCUT2D eigenvalue weighted by molar-refractivity contribution is 0.0680. The molecule has 4 heteroatoms. The molecule has 1 aromatic rings. The van der Waals surface area contributed by atoms with Gasteiger partial charge in [-0.05, 0) is 52.6 Å². The number of rotatable bonds is 5. The summed E-state index contributed by atoms with van der Waals surface area (Å²) >= 11 is 0. The van der Waals surface area contributed by atoms with Crippen molar-refractivity contribution < 1.29 is 4.79 Å². The Morgan fingerprint density at radius 3 is 2.47 bits per heavy atom. The van der Waals surface area contributed by atoms with Gasteiger partial charge in [0.05, 0.1) is 5.56 Å². The summed E-state index contributed by atoms with van der Waals surface area (Å²) in [6, 6.07) is 5.75. The van der Waals surface area contributed by atoms with Gasteiger partial charge in [0.25, 0.3) is 5.91 Å². The van der Waals surface area contributed by atoms with E-state index in [9.17, 15) is 4.79 Å². The van der Waals surface area contributed by atoms with Gasteiger partial charge in [-0.1, -0.05) is 6.07 Å². The Hall–Kier alpha value is -1.55. The van der Waals surface area contributed by atoms with Crippen molar-refractivity contribution in [3.8, 4) is 0 Å². The van der Waals surface area contributed by atoms with E-state index in [0.717, 1.165) is 12.1 Å². The van der Waals surface area contributed by atoms with Crippen LogP contribution in [0.15, 0.2) is 18.2 Å². The predicted molar refractivity (Wildman–Crippen MR) is 80.3 cm³/mol. The van der Waals surface area contributed by atoms with Crippen molar-refractivity contribution in [1.82, 2.24) is 9.80 Å². The maximum atomic E-state index is 12.6. The fourth-order valence-corrected chi connectivity index (χ4v) is 2.31. The van der Waals surface area contributed by atoms with Crippen LogP contribution in [-0.4, -0.2) is 48.9 Å². The summed E-state index contributed by atoms with van der Waals surface area (Å²) in [6.45, 7) is 7.55. The van der Waals surface area contributed by atoms with E-state index in [-0.39, 0.29) is 11.9 Å². The SMILES string of the molecule is CCN(C(=O)c1ccc(C)cc1N)C(C)CN(C)C. The molecule has 0 heterocycles. The van der Waals surface area contributed by atoms with Crippen LogP contribution in [0.1, 0.15) is 29.8 Å². The molecule has 0 aromatic heterocycles. The molecule has 0 spiro atoms. The van der Waals surface area contributed by atoms with Gasteiger partial charge < -0.3 is 15.5 Å². The summed E-state index contributed by atoms with van der Waals surface area (Å²) in [4.78, 5) is 16.5. The van der Waals surface area contributed by atoms with Crippen LogP contribution in [0, 0.1) is 6.92 Å². The van der Waals surface area contributed by atoms with E-state index in [1.54, 1.807) is 0 Å². The summed E-state index contributed by atoms with van der Waals surface area (Å²) in [7, 11) is 4.02. The van der Waals surface area contributed by atoms with Crippen LogP contribution in [0.3, 0.4) is 0 Å². The van der Waals surface area contributed by atoms with Crippen LogP contribution in [-0.2, 0) is 0 Å². The van der Waals surface area contributed by atoms with Crippen molar-refractivity contribution in [3.63, 3.8) is 0 Å². The van der Waals surface area contributed by atoms with Crippen molar-refractivity contribution in [2.45, 2.75) is 26.8 Å². The summed E-state index contributed by atoms with van der Waals surface area (Å²) in [5.41, 5.74) is 8.18. The molecule has 1 unspecified atom stereocenters. The number of nitrogens with two attached hydrogens (primary N) is 1. The highest BCUT2D eigenvalue weighted by molar-refractivity contribution is 5.99. The van der Waals surface area contributed by atoms with Crippen molar-refractivity contribution >= 4 is 11.6 Å². The minimum atomic E-state index is 0.00866. The highest BCUT2D eigenvalue weighted by Crippen LogP contribution is 2.17. The van der Waals surface area contributed by atoms with Crippen molar-refractivity contribution in [3.05, 3.63) is 29.3 Å². The largest absolute Gasteiger partial charge is 0.398 e. The lowest BCUT2D eigenvalue weighted by Crippen LogP contribution is -2.43. The van der Waals surface area contributed by atoms with Crippen LogP contribution in [0.25, 0.3) is 0 Å². The second-order valence-corrected chi connectivity index (χ2v) is 5.29. The molecule has 0 aliphatic rings. The summed E-state index contributed by atoms with van der Waals surface area (Å²) in [5, 5.41) is 0. The Morgan fingerprint density at radius 1 is 1.37 bits per heavy atom. The standard InChI is InChI=1S/C15H25N3O/c1-6-18(12(3)10-17(4)5)15(19)13-8-7-11(2)9-14(13)16/h7-9,12H,6,10,16H2,1-5H3. The highest BCUT2D eigenvalue weighted by Gasteiger charge is 2.21. The Kier molecular flexibility index (Phi) is 5.36. The molecule has 0 radical (unpaired) electrons. The number of nitrogens with zero attached hydrogens (tertiary/aromatic N) is 2. The minimum absolute atomic E-state index is 0.00866. The van der Waals surface area contributed by atoms with Gasteiger partial charge in [-0.2, -0.15) is 0 Å². The normalized spacial score (nSPS) is 12.5. The van der Waals surface area contributed by atoms with Crippen LogP contribution < -0.4 is 5.73 Å². The zero-order valence-corrected chi connectivity index (χ0v) is 12.6. The van der Waals surface area contributed by atoms with Gasteiger partial charge in [0.15, 0.2) is 0 Å². The number of likely N-dealkylation sites (N-methyl/N-ethyl adjacent to an activating group) is 2. The van der Waals surface area contributed by atoms with Crippen LogP contribution >= 0.6 is 0 Å². The van der Waals surface area contributed by atoms with Crippen molar-refractivity contribution in [2.24, 2.45) is 0 Å². The number of hydrogen-bond acceptors (Lipinski definition) is 3. The maximum absolute atomic E-state index is 12.6. The first-order chi connectivity index (χ1) is 8.86. The molecule has 1 rings (SSSR count). The maximum Gasteiger partial charge on any atom is 0.256 e. The van der Waals surface area contributed by atoms with E-state index in [4.69, 9.17) is 5.73 Å².